The van der Waals surface area contributed by atoms with E-state index in [4.69, 9.17) is 30.9 Å². The van der Waals surface area contributed by atoms with E-state index in [0.29, 0.717) is 61.5 Å². The first-order valence-corrected chi connectivity index (χ1v) is 15.5. The van der Waals surface area contributed by atoms with Crippen LogP contribution in [-0.4, -0.2) is 95.8 Å². The van der Waals surface area contributed by atoms with Crippen molar-refractivity contribution in [2.45, 2.75) is 43.5 Å². The summed E-state index contributed by atoms with van der Waals surface area (Å²) in [5.74, 6) is 1.48. The van der Waals surface area contributed by atoms with Crippen LogP contribution < -0.4 is 14.2 Å². The zero-order valence-corrected chi connectivity index (χ0v) is 28.8. The summed E-state index contributed by atoms with van der Waals surface area (Å²) in [6.07, 6.45) is 3.21. The Bertz CT molecular complexity index is 1890. The average Bonchev–Trinajstić information content (AvgIpc) is 3.33. The molecule has 0 saturated carbocycles. The Morgan fingerprint density at radius 1 is 1.00 bits per heavy atom. The highest BCUT2D eigenvalue weighted by atomic mass is 35.5. The number of nitrogens with zero attached hydrogens (tertiary/aromatic N) is 5. The molecule has 1 aliphatic rings. The standard InChI is InChI=1S/C30H34B6ClN5O4/c1-28(2,3)41(4)27(43)25-22-14-44-23-10-24(46-30(34,35)36)20(16-5-15(11-38)12-39-13-16)9-21(23)26(22)42(40-25)18-6-17(37)7-19(8-18)45-29(31,32)33/h5-10,12-13H,14,31-36H2,1-4H3. The molecule has 0 N–H and O–H groups in total. The summed E-state index contributed by atoms with van der Waals surface area (Å²) in [5, 5.41) is 14.0. The summed E-state index contributed by atoms with van der Waals surface area (Å²) < 4.78 is 20.7. The maximum Gasteiger partial charge on any atom is 0.274 e. The number of amides is 1. The lowest BCUT2D eigenvalue weighted by atomic mass is 9.52. The van der Waals surface area contributed by atoms with Crippen molar-refractivity contribution in [3.05, 3.63) is 70.6 Å². The van der Waals surface area contributed by atoms with Crippen LogP contribution in [0.25, 0.3) is 28.1 Å². The van der Waals surface area contributed by atoms with Gasteiger partial charge in [-0.25, -0.2) is 4.68 Å². The maximum atomic E-state index is 14.0. The number of pyridine rings is 1. The van der Waals surface area contributed by atoms with Gasteiger partial charge >= 0.3 is 0 Å². The molecular weight excluding hydrogens is 595 g/mol. The first-order chi connectivity index (χ1) is 21.3. The van der Waals surface area contributed by atoms with E-state index in [1.165, 1.54) is 6.20 Å². The van der Waals surface area contributed by atoms with Crippen LogP contribution in [0.2, 0.25) is 5.02 Å². The summed E-state index contributed by atoms with van der Waals surface area (Å²) in [7, 11) is 13.6. The van der Waals surface area contributed by atoms with Gasteiger partial charge in [0.2, 0.25) is 0 Å². The second-order valence-corrected chi connectivity index (χ2v) is 14.8. The van der Waals surface area contributed by atoms with Gasteiger partial charge in [-0.1, -0.05) is 11.6 Å². The highest BCUT2D eigenvalue weighted by Gasteiger charge is 2.35. The van der Waals surface area contributed by atoms with Crippen LogP contribution in [0.4, 0.5) is 0 Å². The number of nitriles is 1. The zero-order valence-electron chi connectivity index (χ0n) is 28.1. The van der Waals surface area contributed by atoms with Crippen LogP contribution in [0.1, 0.15) is 42.4 Å². The van der Waals surface area contributed by atoms with Gasteiger partial charge in [0, 0.05) is 75.0 Å². The van der Waals surface area contributed by atoms with Gasteiger partial charge in [0.1, 0.15) is 77.0 Å². The molecule has 2 aromatic carbocycles. The number of hydrogen-bond acceptors (Lipinski definition) is 7. The molecule has 0 unspecified atom stereocenters. The van der Waals surface area contributed by atoms with E-state index in [9.17, 15) is 10.1 Å². The van der Waals surface area contributed by atoms with Crippen molar-refractivity contribution in [2.24, 2.45) is 0 Å². The number of ether oxygens (including phenoxy) is 3. The molecule has 4 aromatic rings. The predicted octanol–water partition coefficient (Wildman–Crippen LogP) is -0.332. The highest BCUT2D eigenvalue weighted by molar-refractivity contribution is 6.58. The Kier molecular flexibility index (Phi) is 8.58. The summed E-state index contributed by atoms with van der Waals surface area (Å²) in [6, 6.07) is 13.1. The number of rotatable bonds is 7. The Morgan fingerprint density at radius 3 is 2.33 bits per heavy atom. The minimum absolute atomic E-state index is 0.118. The molecule has 0 bridgehead atoms. The summed E-state index contributed by atoms with van der Waals surface area (Å²) in [6.45, 7) is 6.03. The van der Waals surface area contributed by atoms with Gasteiger partial charge in [-0.05, 0) is 45.0 Å². The van der Waals surface area contributed by atoms with Gasteiger partial charge in [-0.2, -0.15) is 10.4 Å². The summed E-state index contributed by atoms with van der Waals surface area (Å²) >= 11 is 6.64. The summed E-state index contributed by atoms with van der Waals surface area (Å²) in [4.78, 5) is 20.0. The molecule has 0 spiro atoms. The van der Waals surface area contributed by atoms with E-state index in [-0.39, 0.29) is 18.2 Å². The van der Waals surface area contributed by atoms with E-state index >= 15 is 0 Å². The van der Waals surface area contributed by atoms with Crippen molar-refractivity contribution in [2.75, 3.05) is 7.05 Å². The van der Waals surface area contributed by atoms with Gasteiger partial charge in [0.15, 0.2) is 5.69 Å². The quantitative estimate of drug-likeness (QED) is 0.258. The minimum Gasteiger partial charge on any atom is -0.514 e. The van der Waals surface area contributed by atoms with Gasteiger partial charge in [0.25, 0.3) is 5.91 Å². The van der Waals surface area contributed by atoms with Crippen LogP contribution in [0.15, 0.2) is 48.8 Å². The van der Waals surface area contributed by atoms with Gasteiger partial charge in [-0.15, -0.1) is 0 Å². The van der Waals surface area contributed by atoms with Crippen molar-refractivity contribution < 1.29 is 19.0 Å². The lowest BCUT2D eigenvalue weighted by Gasteiger charge is -2.31. The van der Waals surface area contributed by atoms with Gasteiger partial charge in [0.05, 0.1) is 16.9 Å². The molecule has 0 fully saturated rings. The van der Waals surface area contributed by atoms with Crippen LogP contribution in [0.5, 0.6) is 17.2 Å². The minimum atomic E-state index is -0.522. The fourth-order valence-corrected chi connectivity index (χ4v) is 5.29. The zero-order chi connectivity index (χ0) is 33.8. The van der Waals surface area contributed by atoms with Crippen LogP contribution in [0.3, 0.4) is 0 Å². The molecule has 0 atom stereocenters. The number of carbonyl (C=O) groups excluding carboxylic acids is 1. The number of benzene rings is 2. The van der Waals surface area contributed by atoms with Crippen molar-refractivity contribution in [3.63, 3.8) is 0 Å². The maximum absolute atomic E-state index is 14.0. The topological polar surface area (TPSA) is 103 Å². The Balaban J connectivity index is 1.81. The normalized spacial score (nSPS) is 12.7. The number of aromatic nitrogens is 3. The molecule has 16 heteroatoms. The second kappa shape index (κ2) is 11.9. The largest absolute Gasteiger partial charge is 0.514 e. The molecule has 46 heavy (non-hydrogen) atoms. The van der Waals surface area contributed by atoms with Crippen LogP contribution in [0, 0.1) is 11.3 Å². The molecule has 0 radical (unpaired) electrons. The van der Waals surface area contributed by atoms with Crippen LogP contribution >= 0.6 is 11.6 Å². The molecule has 9 nitrogen and oxygen atoms in total. The molecule has 1 aliphatic heterocycles. The SMILES string of the molecule is BC(B)(B)Oc1cc(Cl)cc(-n2nc(C(=O)N(C)C(C)(C)C)c3c2-c2cc(-c4cncc(C#N)c4)c(OC(B)(B)B)cc2OC3)c1. The average molecular weight is 629 g/mol. The molecule has 0 saturated heterocycles. The Hall–Kier alpha value is -4.16. The third-order valence-electron chi connectivity index (χ3n) is 7.33. The first kappa shape index (κ1) is 33.2. The lowest BCUT2D eigenvalue weighted by molar-refractivity contribution is 0.0646. The van der Waals surface area contributed by atoms with Crippen molar-refractivity contribution >= 4 is 64.6 Å². The van der Waals surface area contributed by atoms with Gasteiger partial charge in [-0.3, -0.25) is 9.78 Å². The fourth-order valence-electron chi connectivity index (χ4n) is 5.07. The third-order valence-corrected chi connectivity index (χ3v) is 7.54. The highest BCUT2D eigenvalue weighted by Crippen LogP contribution is 2.47. The third kappa shape index (κ3) is 6.97. The first-order valence-electron chi connectivity index (χ1n) is 15.1. The molecule has 2 aromatic heterocycles. The van der Waals surface area contributed by atoms with E-state index < -0.39 is 16.1 Å². The Labute approximate surface area is 280 Å². The van der Waals surface area contributed by atoms with E-state index in [0.717, 1.165) is 0 Å². The van der Waals surface area contributed by atoms with Gasteiger partial charge < -0.3 is 19.1 Å². The number of fused-ring (bicyclic) bond motifs is 3. The molecule has 0 aliphatic carbocycles. The van der Waals surface area contributed by atoms with Crippen molar-refractivity contribution in [1.29, 1.82) is 5.26 Å². The van der Waals surface area contributed by atoms with Crippen molar-refractivity contribution in [3.8, 4) is 51.4 Å². The van der Waals surface area contributed by atoms with E-state index in [1.807, 2.05) is 86.0 Å². The number of carbonyl (C=O) groups is 1. The van der Waals surface area contributed by atoms with Crippen LogP contribution in [-0.2, 0) is 6.61 Å². The van der Waals surface area contributed by atoms with E-state index in [1.54, 1.807) is 41.0 Å². The molecule has 1 amide bonds. The fraction of sp³-hybridized carbons (Fsp3) is 0.267. The monoisotopic (exact) mass is 629 g/mol. The Morgan fingerprint density at radius 2 is 1.70 bits per heavy atom. The second-order valence-electron chi connectivity index (χ2n) is 14.4. The lowest BCUT2D eigenvalue weighted by Crippen LogP contribution is -2.43. The molecule has 228 valence electrons. The molecular formula is C30H34B6ClN5O4. The predicted molar refractivity (Wildman–Crippen MR) is 196 cm³/mol. The smallest absolute Gasteiger partial charge is 0.274 e. The van der Waals surface area contributed by atoms with E-state index in [2.05, 4.69) is 11.1 Å². The summed E-state index contributed by atoms with van der Waals surface area (Å²) in [5.41, 5.74) is 4.31. The molecule has 3 heterocycles. The number of hydrogen-bond donors (Lipinski definition) is 0. The number of halogens is 1. The molecule has 5 rings (SSSR count). The van der Waals surface area contributed by atoms with Crippen molar-refractivity contribution in [1.82, 2.24) is 19.7 Å².